The first-order chi connectivity index (χ1) is 8.06. The van der Waals surface area contributed by atoms with Crippen LogP contribution in [0.15, 0.2) is 12.1 Å². The Morgan fingerprint density at radius 3 is 2.18 bits per heavy atom. The Morgan fingerprint density at radius 2 is 1.65 bits per heavy atom. The van der Waals surface area contributed by atoms with E-state index in [-0.39, 0.29) is 0 Å². The number of rotatable bonds is 2. The molecular formula is C15H22NO. The molecule has 0 amide bonds. The highest BCUT2D eigenvalue weighted by molar-refractivity contribution is 5.43. The van der Waals surface area contributed by atoms with E-state index in [0.717, 1.165) is 31.7 Å². The van der Waals surface area contributed by atoms with Crippen molar-refractivity contribution < 1.29 is 4.74 Å². The quantitative estimate of drug-likeness (QED) is 0.776. The maximum absolute atomic E-state index is 6.17. The van der Waals surface area contributed by atoms with Crippen molar-refractivity contribution in [2.24, 2.45) is 0 Å². The number of nitrogens with zero attached hydrogens (tertiary/aromatic N) is 1. The minimum absolute atomic E-state index is 0.355. The predicted octanol–water partition coefficient (Wildman–Crippen LogP) is 3.25. The van der Waals surface area contributed by atoms with E-state index in [4.69, 9.17) is 4.74 Å². The van der Waals surface area contributed by atoms with E-state index in [2.05, 4.69) is 44.9 Å². The third-order valence-electron chi connectivity index (χ3n) is 3.42. The molecule has 2 heteroatoms. The lowest BCUT2D eigenvalue weighted by Crippen LogP contribution is -2.34. The van der Waals surface area contributed by atoms with Gasteiger partial charge in [-0.05, 0) is 44.7 Å². The van der Waals surface area contributed by atoms with Crippen LogP contribution >= 0.6 is 0 Å². The van der Waals surface area contributed by atoms with Crippen molar-refractivity contribution in [1.29, 1.82) is 0 Å². The zero-order valence-corrected chi connectivity index (χ0v) is 11.1. The molecule has 0 N–H and O–H groups in total. The fourth-order valence-electron chi connectivity index (χ4n) is 2.55. The summed E-state index contributed by atoms with van der Waals surface area (Å²) in [5, 5.41) is 0. The van der Waals surface area contributed by atoms with Crippen molar-refractivity contribution in [3.63, 3.8) is 0 Å². The topological polar surface area (TPSA) is 12.5 Å². The molecule has 1 aliphatic heterocycles. The summed E-state index contributed by atoms with van der Waals surface area (Å²) in [6.45, 7) is 8.46. The van der Waals surface area contributed by atoms with Gasteiger partial charge in [0.1, 0.15) is 11.9 Å². The number of likely N-dealkylation sites (tertiary alicyclic amines) is 1. The van der Waals surface area contributed by atoms with Crippen molar-refractivity contribution in [3.8, 4) is 5.75 Å². The molecule has 1 aromatic carbocycles. The van der Waals surface area contributed by atoms with Crippen molar-refractivity contribution in [2.75, 3.05) is 13.1 Å². The molecule has 1 heterocycles. The largest absolute Gasteiger partial charge is 0.490 e. The second kappa shape index (κ2) is 5.09. The smallest absolute Gasteiger partial charge is 0.125 e. The molecule has 2 rings (SSSR count). The Labute approximate surface area is 105 Å². The average molecular weight is 232 g/mol. The Hall–Kier alpha value is -1.02. The maximum Gasteiger partial charge on any atom is 0.125 e. The van der Waals surface area contributed by atoms with Crippen LogP contribution in [0.5, 0.6) is 5.75 Å². The molecule has 1 fully saturated rings. The number of benzene rings is 1. The van der Waals surface area contributed by atoms with E-state index in [1.54, 1.807) is 0 Å². The molecular weight excluding hydrogens is 210 g/mol. The normalized spacial score (nSPS) is 18.4. The molecule has 0 unspecified atom stereocenters. The standard InChI is InChI=1S/C15H22NO/c1-11-9-12(2)15(13(3)10-11)17-14-5-7-16(4)8-6-14/h9-10,14H,4-8H2,1-3H3. The van der Waals surface area contributed by atoms with E-state index in [1.165, 1.54) is 16.7 Å². The van der Waals surface area contributed by atoms with Gasteiger partial charge in [0.2, 0.25) is 0 Å². The van der Waals surface area contributed by atoms with Gasteiger partial charge >= 0.3 is 0 Å². The number of hydrogen-bond donors (Lipinski definition) is 0. The molecule has 1 aliphatic rings. The number of hydrogen-bond acceptors (Lipinski definition) is 2. The highest BCUT2D eigenvalue weighted by Crippen LogP contribution is 2.27. The lowest BCUT2D eigenvalue weighted by atomic mass is 10.1. The Kier molecular flexibility index (Phi) is 3.72. The van der Waals surface area contributed by atoms with Gasteiger partial charge in [0.05, 0.1) is 0 Å². The molecule has 0 aliphatic carbocycles. The van der Waals surface area contributed by atoms with E-state index in [1.807, 2.05) is 0 Å². The fraction of sp³-hybridized carbons (Fsp3) is 0.533. The van der Waals surface area contributed by atoms with Crippen LogP contribution in [0.25, 0.3) is 0 Å². The van der Waals surface area contributed by atoms with Gasteiger partial charge in [-0.2, -0.15) is 0 Å². The van der Waals surface area contributed by atoms with Crippen molar-refractivity contribution in [2.45, 2.75) is 39.7 Å². The van der Waals surface area contributed by atoms with Gasteiger partial charge in [-0.1, -0.05) is 17.7 Å². The highest BCUT2D eigenvalue weighted by Gasteiger charge is 2.19. The summed E-state index contributed by atoms with van der Waals surface area (Å²) in [6.07, 6.45) is 2.51. The van der Waals surface area contributed by atoms with Crippen molar-refractivity contribution in [1.82, 2.24) is 4.90 Å². The second-order valence-corrected chi connectivity index (χ2v) is 5.16. The molecule has 1 radical (unpaired) electrons. The van der Waals surface area contributed by atoms with E-state index in [0.29, 0.717) is 6.10 Å². The summed E-state index contributed by atoms with van der Waals surface area (Å²) in [5.74, 6) is 1.08. The maximum atomic E-state index is 6.17. The van der Waals surface area contributed by atoms with Gasteiger partial charge in [-0.25, -0.2) is 0 Å². The minimum Gasteiger partial charge on any atom is -0.490 e. The van der Waals surface area contributed by atoms with Crippen LogP contribution in [0.2, 0.25) is 0 Å². The van der Waals surface area contributed by atoms with Gasteiger partial charge in [-0.15, -0.1) is 0 Å². The Bertz CT molecular complexity index is 369. The van der Waals surface area contributed by atoms with Crippen molar-refractivity contribution in [3.05, 3.63) is 35.9 Å². The summed E-state index contributed by atoms with van der Waals surface area (Å²) in [4.78, 5) is 2.12. The van der Waals surface area contributed by atoms with Crippen LogP contribution < -0.4 is 4.74 Å². The fourth-order valence-corrected chi connectivity index (χ4v) is 2.55. The van der Waals surface area contributed by atoms with Gasteiger partial charge in [0.25, 0.3) is 0 Å². The molecule has 0 aromatic heterocycles. The summed E-state index contributed by atoms with van der Waals surface area (Å²) >= 11 is 0. The van der Waals surface area contributed by atoms with E-state index in [9.17, 15) is 0 Å². The molecule has 2 nitrogen and oxygen atoms in total. The van der Waals surface area contributed by atoms with Gasteiger partial charge in [0, 0.05) is 20.1 Å². The first kappa shape index (κ1) is 12.4. The zero-order chi connectivity index (χ0) is 12.4. The molecule has 0 atom stereocenters. The Morgan fingerprint density at radius 1 is 1.12 bits per heavy atom. The SMILES string of the molecule is [CH2]N1CCC(Oc2c(C)cc(C)cc2C)CC1. The van der Waals surface area contributed by atoms with Crippen LogP contribution in [0.4, 0.5) is 0 Å². The monoisotopic (exact) mass is 232 g/mol. The summed E-state index contributed by atoms with van der Waals surface area (Å²) in [7, 11) is 3.96. The highest BCUT2D eigenvalue weighted by atomic mass is 16.5. The molecule has 1 aromatic rings. The van der Waals surface area contributed by atoms with Crippen LogP contribution in [0, 0.1) is 27.8 Å². The lowest BCUT2D eigenvalue weighted by molar-refractivity contribution is 0.120. The lowest BCUT2D eigenvalue weighted by Gasteiger charge is -2.30. The molecule has 0 spiro atoms. The van der Waals surface area contributed by atoms with Crippen LogP contribution in [-0.2, 0) is 0 Å². The molecule has 0 bridgehead atoms. The van der Waals surface area contributed by atoms with Crippen LogP contribution in [0.3, 0.4) is 0 Å². The molecule has 0 saturated carbocycles. The molecule has 93 valence electrons. The summed E-state index contributed by atoms with van der Waals surface area (Å²) in [5.41, 5.74) is 3.80. The number of ether oxygens (including phenoxy) is 1. The summed E-state index contributed by atoms with van der Waals surface area (Å²) in [6, 6.07) is 4.39. The van der Waals surface area contributed by atoms with Gasteiger partial charge in [-0.3, -0.25) is 0 Å². The zero-order valence-electron chi connectivity index (χ0n) is 11.1. The Balaban J connectivity index is 2.08. The molecule has 17 heavy (non-hydrogen) atoms. The van der Waals surface area contributed by atoms with E-state index < -0.39 is 0 Å². The van der Waals surface area contributed by atoms with Crippen LogP contribution in [-0.4, -0.2) is 24.1 Å². The molecule has 1 saturated heterocycles. The van der Waals surface area contributed by atoms with Gasteiger partial charge < -0.3 is 9.64 Å². The van der Waals surface area contributed by atoms with Crippen LogP contribution in [0.1, 0.15) is 29.5 Å². The number of piperidine rings is 1. The number of aryl methyl sites for hydroxylation is 3. The average Bonchev–Trinajstić information content (AvgIpc) is 2.26. The summed E-state index contributed by atoms with van der Waals surface area (Å²) < 4.78 is 6.17. The van der Waals surface area contributed by atoms with Gasteiger partial charge in [0.15, 0.2) is 0 Å². The first-order valence-electron chi connectivity index (χ1n) is 6.36. The predicted molar refractivity (Wildman–Crippen MR) is 71.2 cm³/mol. The van der Waals surface area contributed by atoms with E-state index >= 15 is 0 Å². The third kappa shape index (κ3) is 3.01. The third-order valence-corrected chi connectivity index (χ3v) is 3.42. The second-order valence-electron chi connectivity index (χ2n) is 5.16. The first-order valence-corrected chi connectivity index (χ1v) is 6.36. The van der Waals surface area contributed by atoms with Crippen molar-refractivity contribution >= 4 is 0 Å². The minimum atomic E-state index is 0.355.